The highest BCUT2D eigenvalue weighted by Gasteiger charge is 2.07. The van der Waals surface area contributed by atoms with Crippen LogP contribution in [0.1, 0.15) is 10.5 Å². The van der Waals surface area contributed by atoms with Gasteiger partial charge >= 0.3 is 0 Å². The molecule has 1 rings (SSSR count). The maximum atomic E-state index is 11.8. The number of nitrogens with one attached hydrogen (secondary N) is 2. The molecule has 1 aromatic heterocycles. The van der Waals surface area contributed by atoms with Gasteiger partial charge in [-0.2, -0.15) is 0 Å². The lowest BCUT2D eigenvalue weighted by molar-refractivity contribution is 0.0946. The zero-order chi connectivity index (χ0) is 13.4. The van der Waals surface area contributed by atoms with Crippen molar-refractivity contribution in [2.75, 3.05) is 39.0 Å². The fourth-order valence-corrected chi connectivity index (χ4v) is 1.24. The Kier molecular flexibility index (Phi) is 5.79. The van der Waals surface area contributed by atoms with Crippen LogP contribution in [0.5, 0.6) is 0 Å². The van der Waals surface area contributed by atoms with E-state index in [1.54, 1.807) is 12.1 Å². The Bertz CT molecular complexity index is 405. The molecule has 0 unspecified atom stereocenters. The van der Waals surface area contributed by atoms with E-state index in [4.69, 9.17) is 0 Å². The number of carbonyl (C=O) groups excluding carboxylic acids is 1. The second kappa shape index (κ2) is 7.39. The number of anilines is 1. The van der Waals surface area contributed by atoms with Crippen molar-refractivity contribution < 1.29 is 4.79 Å². The minimum Gasteiger partial charge on any atom is -0.366 e. The molecular weight excluding hydrogens is 230 g/mol. The lowest BCUT2D eigenvalue weighted by Gasteiger charge is -2.10. The fourth-order valence-electron chi connectivity index (χ4n) is 1.24. The molecule has 0 saturated carbocycles. The number of carbonyl (C=O) groups is 1. The molecule has 0 bridgehead atoms. The Morgan fingerprint density at radius 1 is 1.50 bits per heavy atom. The molecule has 0 saturated heterocycles. The van der Waals surface area contributed by atoms with Gasteiger partial charge in [-0.1, -0.05) is 6.08 Å². The summed E-state index contributed by atoms with van der Waals surface area (Å²) in [7, 11) is 3.91. The maximum absolute atomic E-state index is 11.8. The highest BCUT2D eigenvalue weighted by atomic mass is 16.1. The van der Waals surface area contributed by atoms with Crippen LogP contribution in [-0.4, -0.2) is 54.5 Å². The highest BCUT2D eigenvalue weighted by molar-refractivity contribution is 5.92. The lowest BCUT2D eigenvalue weighted by Crippen LogP contribution is -2.31. The predicted octanol–water partition coefficient (Wildman–Crippen LogP) is 0.366. The van der Waals surface area contributed by atoms with Crippen LogP contribution in [0.3, 0.4) is 0 Å². The molecule has 1 aromatic rings. The third-order valence-electron chi connectivity index (χ3n) is 2.17. The van der Waals surface area contributed by atoms with Gasteiger partial charge in [-0.25, -0.2) is 9.97 Å². The van der Waals surface area contributed by atoms with E-state index in [0.29, 0.717) is 24.6 Å². The van der Waals surface area contributed by atoms with E-state index in [9.17, 15) is 4.79 Å². The van der Waals surface area contributed by atoms with Gasteiger partial charge in [0.25, 0.3) is 5.91 Å². The van der Waals surface area contributed by atoms with Gasteiger partial charge in [-0.15, -0.1) is 6.58 Å². The molecular formula is C12H19N5O. The van der Waals surface area contributed by atoms with Crippen molar-refractivity contribution in [2.45, 2.75) is 0 Å². The van der Waals surface area contributed by atoms with Crippen molar-refractivity contribution in [3.05, 3.63) is 30.7 Å². The average Bonchev–Trinajstić information content (AvgIpc) is 2.36. The first kappa shape index (κ1) is 14.1. The molecule has 0 atom stereocenters. The van der Waals surface area contributed by atoms with E-state index in [-0.39, 0.29) is 5.91 Å². The van der Waals surface area contributed by atoms with E-state index in [1.807, 2.05) is 19.0 Å². The third kappa shape index (κ3) is 4.92. The van der Waals surface area contributed by atoms with Crippen molar-refractivity contribution >= 4 is 11.7 Å². The van der Waals surface area contributed by atoms with Crippen molar-refractivity contribution in [2.24, 2.45) is 0 Å². The van der Waals surface area contributed by atoms with Crippen LogP contribution in [0, 0.1) is 0 Å². The van der Waals surface area contributed by atoms with Crippen LogP contribution in [-0.2, 0) is 0 Å². The van der Waals surface area contributed by atoms with Gasteiger partial charge in [0.15, 0.2) is 0 Å². The normalized spacial score (nSPS) is 10.2. The lowest BCUT2D eigenvalue weighted by atomic mass is 10.3. The first-order valence-electron chi connectivity index (χ1n) is 5.73. The molecule has 6 heteroatoms. The molecule has 1 amide bonds. The molecule has 2 N–H and O–H groups in total. The van der Waals surface area contributed by atoms with Crippen molar-refractivity contribution in [3.63, 3.8) is 0 Å². The molecule has 0 radical (unpaired) electrons. The van der Waals surface area contributed by atoms with Crippen LogP contribution in [0.2, 0.25) is 0 Å². The monoisotopic (exact) mass is 249 g/mol. The Morgan fingerprint density at radius 2 is 2.28 bits per heavy atom. The maximum Gasteiger partial charge on any atom is 0.270 e. The van der Waals surface area contributed by atoms with Crippen LogP contribution >= 0.6 is 0 Å². The van der Waals surface area contributed by atoms with Crippen LogP contribution < -0.4 is 10.6 Å². The van der Waals surface area contributed by atoms with Crippen LogP contribution in [0.15, 0.2) is 25.0 Å². The highest BCUT2D eigenvalue weighted by Crippen LogP contribution is 2.03. The van der Waals surface area contributed by atoms with Gasteiger partial charge in [0.2, 0.25) is 0 Å². The largest absolute Gasteiger partial charge is 0.366 e. The van der Waals surface area contributed by atoms with Crippen molar-refractivity contribution in [3.8, 4) is 0 Å². The summed E-state index contributed by atoms with van der Waals surface area (Å²) < 4.78 is 0. The van der Waals surface area contributed by atoms with Crippen LogP contribution in [0.25, 0.3) is 0 Å². The molecule has 0 aliphatic heterocycles. The number of nitrogens with zero attached hydrogens (tertiary/aromatic N) is 3. The molecule has 6 nitrogen and oxygen atoms in total. The number of hydrogen-bond donors (Lipinski definition) is 2. The summed E-state index contributed by atoms with van der Waals surface area (Å²) in [6, 6.07) is 1.62. The van der Waals surface area contributed by atoms with Crippen molar-refractivity contribution in [1.29, 1.82) is 0 Å². The molecule has 0 aliphatic rings. The fraction of sp³-hybridized carbons (Fsp3) is 0.417. The zero-order valence-electron chi connectivity index (χ0n) is 10.8. The SMILES string of the molecule is C=CCNc1cc(C(=O)NCCN(C)C)ncn1. The predicted molar refractivity (Wildman–Crippen MR) is 71.6 cm³/mol. The van der Waals surface area contributed by atoms with Crippen molar-refractivity contribution in [1.82, 2.24) is 20.2 Å². The van der Waals surface area contributed by atoms with E-state index in [0.717, 1.165) is 6.54 Å². The topological polar surface area (TPSA) is 70.2 Å². The summed E-state index contributed by atoms with van der Waals surface area (Å²) in [6.45, 7) is 5.58. The molecule has 0 fully saturated rings. The summed E-state index contributed by atoms with van der Waals surface area (Å²) in [6.07, 6.45) is 3.09. The third-order valence-corrected chi connectivity index (χ3v) is 2.17. The Hall–Kier alpha value is -1.95. The standard InChI is InChI=1S/C12H19N5O/c1-4-5-13-11-8-10(15-9-16-11)12(18)14-6-7-17(2)3/h4,8-9H,1,5-7H2,2-3H3,(H,14,18)(H,13,15,16). The minimum atomic E-state index is -0.194. The second-order valence-electron chi connectivity index (χ2n) is 4.02. The van der Waals surface area contributed by atoms with E-state index in [1.165, 1.54) is 6.33 Å². The summed E-state index contributed by atoms with van der Waals surface area (Å²) in [4.78, 5) is 21.7. The number of hydrogen-bond acceptors (Lipinski definition) is 5. The Morgan fingerprint density at radius 3 is 2.94 bits per heavy atom. The number of rotatable bonds is 7. The Labute approximate surface area is 107 Å². The summed E-state index contributed by atoms with van der Waals surface area (Å²) in [5.74, 6) is 0.420. The molecule has 0 spiro atoms. The number of likely N-dealkylation sites (N-methyl/N-ethyl adjacent to an activating group) is 1. The molecule has 1 heterocycles. The molecule has 18 heavy (non-hydrogen) atoms. The van der Waals surface area contributed by atoms with Gasteiger partial charge in [-0.05, 0) is 14.1 Å². The van der Waals surface area contributed by atoms with Gasteiger partial charge in [0.05, 0.1) is 0 Å². The quantitative estimate of drug-likeness (QED) is 0.683. The minimum absolute atomic E-state index is 0.194. The van der Waals surface area contributed by atoms with Gasteiger partial charge in [0.1, 0.15) is 17.8 Å². The van der Waals surface area contributed by atoms with Gasteiger partial charge in [0, 0.05) is 25.7 Å². The summed E-state index contributed by atoms with van der Waals surface area (Å²) >= 11 is 0. The molecule has 0 aromatic carbocycles. The van der Waals surface area contributed by atoms with E-state index >= 15 is 0 Å². The van der Waals surface area contributed by atoms with Gasteiger partial charge < -0.3 is 15.5 Å². The average molecular weight is 249 g/mol. The summed E-state index contributed by atoms with van der Waals surface area (Å²) in [5.41, 5.74) is 0.357. The second-order valence-corrected chi connectivity index (χ2v) is 4.02. The Balaban J connectivity index is 2.54. The molecule has 98 valence electrons. The van der Waals surface area contributed by atoms with Crippen LogP contribution in [0.4, 0.5) is 5.82 Å². The smallest absolute Gasteiger partial charge is 0.270 e. The first-order valence-corrected chi connectivity index (χ1v) is 5.73. The zero-order valence-corrected chi connectivity index (χ0v) is 10.8. The number of amides is 1. The van der Waals surface area contributed by atoms with E-state index in [2.05, 4.69) is 27.2 Å². The molecule has 0 aliphatic carbocycles. The van der Waals surface area contributed by atoms with Gasteiger partial charge in [-0.3, -0.25) is 4.79 Å². The first-order chi connectivity index (χ1) is 8.63. The summed E-state index contributed by atoms with van der Waals surface area (Å²) in [5, 5.41) is 5.80. The van der Waals surface area contributed by atoms with E-state index < -0.39 is 0 Å². The number of aromatic nitrogens is 2.